The van der Waals surface area contributed by atoms with Crippen LogP contribution in [-0.4, -0.2) is 23.0 Å². The summed E-state index contributed by atoms with van der Waals surface area (Å²) >= 11 is 0. The molecule has 18 heavy (non-hydrogen) atoms. The number of benzene rings is 1. The van der Waals surface area contributed by atoms with Gasteiger partial charge in [0.25, 0.3) is 5.91 Å². The summed E-state index contributed by atoms with van der Waals surface area (Å²) in [5.41, 5.74) is 1.36. The molecule has 1 N–H and O–H groups in total. The molecule has 0 aliphatic heterocycles. The second kappa shape index (κ2) is 4.87. The molecule has 1 amide bonds. The van der Waals surface area contributed by atoms with E-state index in [0.29, 0.717) is 11.4 Å². The number of nitrogens with zero attached hydrogens (tertiary/aromatic N) is 2. The van der Waals surface area contributed by atoms with Gasteiger partial charge in [-0.2, -0.15) is 0 Å². The van der Waals surface area contributed by atoms with Crippen molar-refractivity contribution in [2.75, 3.05) is 11.9 Å². The lowest BCUT2D eigenvalue weighted by Crippen LogP contribution is -2.27. The highest BCUT2D eigenvalue weighted by Gasteiger charge is 2.16. The fourth-order valence-electron chi connectivity index (χ4n) is 1.77. The van der Waals surface area contributed by atoms with Crippen LogP contribution in [0.1, 0.15) is 15.9 Å². The smallest absolute Gasteiger partial charge is 0.259 e. The number of anilines is 1. The minimum Gasteiger partial charge on any atom is -0.506 e. The van der Waals surface area contributed by atoms with Crippen LogP contribution in [0.15, 0.2) is 42.6 Å². The van der Waals surface area contributed by atoms with E-state index in [1.807, 2.05) is 18.2 Å². The van der Waals surface area contributed by atoms with Gasteiger partial charge in [-0.3, -0.25) is 9.69 Å². The highest BCUT2D eigenvalue weighted by molar-refractivity contribution is 6.05. The molecule has 2 aromatic rings. The zero-order chi connectivity index (χ0) is 13.1. The van der Waals surface area contributed by atoms with Crippen LogP contribution >= 0.6 is 0 Å². The topological polar surface area (TPSA) is 53.4 Å². The van der Waals surface area contributed by atoms with Gasteiger partial charge in [-0.15, -0.1) is 0 Å². The van der Waals surface area contributed by atoms with Gasteiger partial charge >= 0.3 is 0 Å². The van der Waals surface area contributed by atoms with Crippen molar-refractivity contribution in [3.05, 3.63) is 53.7 Å². The summed E-state index contributed by atoms with van der Waals surface area (Å²) in [7, 11) is 1.67. The molecule has 0 atom stereocenters. The van der Waals surface area contributed by atoms with Crippen LogP contribution in [0, 0.1) is 6.92 Å². The third-order valence-electron chi connectivity index (χ3n) is 2.68. The van der Waals surface area contributed by atoms with E-state index >= 15 is 0 Å². The molecule has 4 nitrogen and oxygen atoms in total. The van der Waals surface area contributed by atoms with Gasteiger partial charge in [-0.05, 0) is 30.7 Å². The molecule has 4 heteroatoms. The second-order valence-electron chi connectivity index (χ2n) is 4.06. The number of aromatic hydroxyl groups is 1. The monoisotopic (exact) mass is 242 g/mol. The first-order valence-electron chi connectivity index (χ1n) is 5.58. The predicted molar refractivity (Wildman–Crippen MR) is 69.8 cm³/mol. The van der Waals surface area contributed by atoms with Crippen molar-refractivity contribution in [3.63, 3.8) is 0 Å². The number of pyridine rings is 1. The van der Waals surface area contributed by atoms with Gasteiger partial charge in [-0.25, -0.2) is 4.98 Å². The molecule has 1 aromatic heterocycles. The Labute approximate surface area is 106 Å². The lowest BCUT2D eigenvalue weighted by molar-refractivity contribution is 0.0992. The van der Waals surface area contributed by atoms with Crippen LogP contribution in [0.3, 0.4) is 0 Å². The highest BCUT2D eigenvalue weighted by Crippen LogP contribution is 2.21. The summed E-state index contributed by atoms with van der Waals surface area (Å²) in [6.45, 7) is 1.80. The van der Waals surface area contributed by atoms with Crippen molar-refractivity contribution in [2.45, 2.75) is 6.92 Å². The molecule has 0 unspecified atom stereocenters. The molecule has 1 aromatic carbocycles. The average molecular weight is 242 g/mol. The molecule has 2 rings (SSSR count). The Morgan fingerprint density at radius 1 is 1.28 bits per heavy atom. The first-order valence-corrected chi connectivity index (χ1v) is 5.58. The maximum Gasteiger partial charge on any atom is 0.259 e. The Bertz CT molecular complexity index is 567. The summed E-state index contributed by atoms with van der Waals surface area (Å²) in [6.07, 6.45) is 1.33. The normalized spacial score (nSPS) is 10.1. The molecular weight excluding hydrogens is 228 g/mol. The summed E-state index contributed by atoms with van der Waals surface area (Å²) in [5.74, 6) is 0.510. The molecule has 0 bridgehead atoms. The quantitative estimate of drug-likeness (QED) is 0.879. The van der Waals surface area contributed by atoms with E-state index in [-0.39, 0.29) is 11.7 Å². The number of carbonyl (C=O) groups is 1. The lowest BCUT2D eigenvalue weighted by atomic mass is 10.2. The van der Waals surface area contributed by atoms with E-state index < -0.39 is 0 Å². The van der Waals surface area contributed by atoms with Gasteiger partial charge in [0.05, 0.1) is 6.20 Å². The SMILES string of the molecule is Cc1cc(O)cnc1N(C)C(=O)c1ccccc1. The summed E-state index contributed by atoms with van der Waals surface area (Å²) in [4.78, 5) is 17.8. The number of carbonyl (C=O) groups excluding carboxylic acids is 1. The van der Waals surface area contributed by atoms with Gasteiger partial charge < -0.3 is 5.11 Å². The van der Waals surface area contributed by atoms with Crippen LogP contribution in [0.25, 0.3) is 0 Å². The van der Waals surface area contributed by atoms with E-state index in [0.717, 1.165) is 5.56 Å². The second-order valence-corrected chi connectivity index (χ2v) is 4.06. The van der Waals surface area contributed by atoms with Gasteiger partial charge in [-0.1, -0.05) is 18.2 Å². The maximum atomic E-state index is 12.2. The molecule has 1 heterocycles. The number of hydrogen-bond donors (Lipinski definition) is 1. The molecule has 0 spiro atoms. The van der Waals surface area contributed by atoms with E-state index in [9.17, 15) is 9.90 Å². The number of aromatic nitrogens is 1. The Morgan fingerprint density at radius 2 is 1.94 bits per heavy atom. The lowest BCUT2D eigenvalue weighted by Gasteiger charge is -2.18. The summed E-state index contributed by atoms with van der Waals surface area (Å²) in [5, 5.41) is 9.31. The predicted octanol–water partition coefficient (Wildman–Crippen LogP) is 2.37. The summed E-state index contributed by atoms with van der Waals surface area (Å²) in [6, 6.07) is 10.6. The molecule has 0 fully saturated rings. The molecule has 0 saturated heterocycles. The first kappa shape index (κ1) is 12.1. The van der Waals surface area contributed by atoms with Crippen molar-refractivity contribution >= 4 is 11.7 Å². The Hall–Kier alpha value is -2.36. The summed E-state index contributed by atoms with van der Waals surface area (Å²) < 4.78 is 0. The fourth-order valence-corrected chi connectivity index (χ4v) is 1.77. The molecule has 92 valence electrons. The van der Waals surface area contributed by atoms with Crippen LogP contribution in [0.5, 0.6) is 5.75 Å². The van der Waals surface area contributed by atoms with Crippen molar-refractivity contribution in [1.29, 1.82) is 0 Å². The van der Waals surface area contributed by atoms with E-state index in [1.54, 1.807) is 32.2 Å². The number of aryl methyl sites for hydroxylation is 1. The minimum absolute atomic E-state index is 0.0943. The zero-order valence-corrected chi connectivity index (χ0v) is 10.3. The maximum absolute atomic E-state index is 12.2. The fraction of sp³-hybridized carbons (Fsp3) is 0.143. The van der Waals surface area contributed by atoms with Crippen LogP contribution < -0.4 is 4.90 Å². The standard InChI is InChI=1S/C14H14N2O2/c1-10-8-12(17)9-15-13(10)16(2)14(18)11-6-4-3-5-7-11/h3-9,17H,1-2H3. The van der Waals surface area contributed by atoms with Gasteiger partial charge in [0.15, 0.2) is 0 Å². The molecule has 0 aliphatic rings. The van der Waals surface area contributed by atoms with Crippen LogP contribution in [0.2, 0.25) is 0 Å². The van der Waals surface area contributed by atoms with E-state index in [2.05, 4.69) is 4.98 Å². The number of hydrogen-bond acceptors (Lipinski definition) is 3. The van der Waals surface area contributed by atoms with Gasteiger partial charge in [0, 0.05) is 12.6 Å². The third-order valence-corrected chi connectivity index (χ3v) is 2.68. The molecule has 0 radical (unpaired) electrons. The Morgan fingerprint density at radius 3 is 2.56 bits per heavy atom. The minimum atomic E-state index is -0.128. The van der Waals surface area contributed by atoms with Crippen molar-refractivity contribution in [1.82, 2.24) is 4.98 Å². The molecule has 0 saturated carbocycles. The molecular formula is C14H14N2O2. The zero-order valence-electron chi connectivity index (χ0n) is 10.3. The average Bonchev–Trinajstić information content (AvgIpc) is 2.38. The van der Waals surface area contributed by atoms with Gasteiger partial charge in [0.1, 0.15) is 11.6 Å². The first-order chi connectivity index (χ1) is 8.59. The Kier molecular flexibility index (Phi) is 3.28. The number of rotatable bonds is 2. The highest BCUT2D eigenvalue weighted by atomic mass is 16.3. The van der Waals surface area contributed by atoms with Crippen molar-refractivity contribution in [3.8, 4) is 5.75 Å². The largest absolute Gasteiger partial charge is 0.506 e. The van der Waals surface area contributed by atoms with Crippen LogP contribution in [-0.2, 0) is 0 Å². The van der Waals surface area contributed by atoms with E-state index in [4.69, 9.17) is 0 Å². The Balaban J connectivity index is 2.31. The van der Waals surface area contributed by atoms with Crippen LogP contribution in [0.4, 0.5) is 5.82 Å². The van der Waals surface area contributed by atoms with E-state index in [1.165, 1.54) is 11.1 Å². The number of amides is 1. The third kappa shape index (κ3) is 2.32. The molecule has 0 aliphatic carbocycles. The van der Waals surface area contributed by atoms with Gasteiger partial charge in [0.2, 0.25) is 0 Å². The van der Waals surface area contributed by atoms with Crippen molar-refractivity contribution < 1.29 is 9.90 Å². The van der Waals surface area contributed by atoms with Crippen molar-refractivity contribution in [2.24, 2.45) is 0 Å².